The van der Waals surface area contributed by atoms with Crippen molar-refractivity contribution in [3.05, 3.63) is 0 Å². The van der Waals surface area contributed by atoms with Crippen LogP contribution in [0.15, 0.2) is 0 Å². The normalized spacial score (nSPS) is 24.3. The summed E-state index contributed by atoms with van der Waals surface area (Å²) < 4.78 is 11.8. The maximum Gasteiger partial charge on any atom is 0.106 e. The van der Waals surface area contributed by atoms with Crippen LogP contribution in [0.25, 0.3) is 0 Å². The summed E-state index contributed by atoms with van der Waals surface area (Å²) in [7, 11) is 0. The summed E-state index contributed by atoms with van der Waals surface area (Å²) in [6.07, 6.45) is 0. The summed E-state index contributed by atoms with van der Waals surface area (Å²) >= 11 is 0. The Morgan fingerprint density at radius 2 is 2.00 bits per heavy atom. The summed E-state index contributed by atoms with van der Waals surface area (Å²) in [6.45, 7) is 2.38. The van der Waals surface area contributed by atoms with E-state index >= 15 is 0 Å². The Kier molecular flexibility index (Phi) is 9.84. The van der Waals surface area contributed by atoms with Crippen LogP contribution in [0.5, 0.6) is 0 Å². The van der Waals surface area contributed by atoms with Gasteiger partial charge in [-0.3, -0.25) is 0 Å². The summed E-state index contributed by atoms with van der Waals surface area (Å²) in [5.74, 6) is 0. The van der Waals surface area contributed by atoms with Gasteiger partial charge in [0.05, 0.1) is 0 Å². The Bertz CT molecular complexity index is 68.7. The van der Waals surface area contributed by atoms with Gasteiger partial charge < -0.3 is 10.6 Å². The zero-order valence-corrected chi connectivity index (χ0v) is 7.23. The molecule has 0 saturated carbocycles. The lowest BCUT2D eigenvalue weighted by atomic mass is 10.3. The molecule has 0 spiro atoms. The minimum absolute atomic E-state index is 0. The highest BCUT2D eigenvalue weighted by Crippen LogP contribution is 1.85. The molecule has 2 nitrogen and oxygen atoms in total. The Labute approximate surface area is 72.8 Å². The largest absolute Gasteiger partial charge is 0.314 e. The average molecular weight is 191 g/mol. The van der Waals surface area contributed by atoms with Crippen molar-refractivity contribution >= 4 is 24.8 Å². The lowest BCUT2D eigenvalue weighted by molar-refractivity contribution is 0.333. The number of nitrogens with one attached hydrogen (secondary N) is 2. The van der Waals surface area contributed by atoms with Crippen LogP contribution in [-0.4, -0.2) is 32.4 Å². The standard InChI is InChI=1S/C5H11FN2.2ClH/c6-3-5-4-7-1-2-8-5;;/h5,7-8H,1-4H2;2*1H/t5-;;/m0../s1. The lowest BCUT2D eigenvalue weighted by Gasteiger charge is -2.21. The number of halogens is 3. The first kappa shape index (κ1) is 13.1. The van der Waals surface area contributed by atoms with Crippen molar-refractivity contribution in [1.82, 2.24) is 10.6 Å². The molecule has 10 heavy (non-hydrogen) atoms. The molecular formula is C5H13Cl2FN2. The fourth-order valence-corrected chi connectivity index (χ4v) is 0.822. The Morgan fingerprint density at radius 3 is 2.30 bits per heavy atom. The second-order valence-corrected chi connectivity index (χ2v) is 2.01. The molecule has 0 bridgehead atoms. The SMILES string of the molecule is Cl.Cl.FC[C@H]1CNCCN1. The molecule has 2 N–H and O–H groups in total. The van der Waals surface area contributed by atoms with Crippen LogP contribution in [0.4, 0.5) is 4.39 Å². The topological polar surface area (TPSA) is 24.1 Å². The Hall–Kier alpha value is 0.430. The predicted molar refractivity (Wildman–Crippen MR) is 45.1 cm³/mol. The highest BCUT2D eigenvalue weighted by Gasteiger charge is 2.09. The van der Waals surface area contributed by atoms with Crippen molar-refractivity contribution in [2.45, 2.75) is 6.04 Å². The van der Waals surface area contributed by atoms with Crippen molar-refractivity contribution < 1.29 is 4.39 Å². The first-order valence-corrected chi connectivity index (χ1v) is 2.93. The quantitative estimate of drug-likeness (QED) is 0.625. The third-order valence-electron chi connectivity index (χ3n) is 1.31. The van der Waals surface area contributed by atoms with E-state index in [1.807, 2.05) is 0 Å². The molecule has 1 rings (SSSR count). The van der Waals surface area contributed by atoms with Crippen molar-refractivity contribution in [3.8, 4) is 0 Å². The molecule has 0 aromatic carbocycles. The van der Waals surface area contributed by atoms with E-state index in [1.165, 1.54) is 0 Å². The summed E-state index contributed by atoms with van der Waals surface area (Å²) in [5, 5.41) is 6.11. The number of hydrogen-bond acceptors (Lipinski definition) is 2. The number of rotatable bonds is 1. The third-order valence-corrected chi connectivity index (χ3v) is 1.31. The van der Waals surface area contributed by atoms with E-state index in [0.717, 1.165) is 19.6 Å². The van der Waals surface area contributed by atoms with Gasteiger partial charge in [-0.2, -0.15) is 0 Å². The number of alkyl halides is 1. The van der Waals surface area contributed by atoms with Gasteiger partial charge in [0.15, 0.2) is 0 Å². The van der Waals surface area contributed by atoms with Crippen LogP contribution < -0.4 is 10.6 Å². The lowest BCUT2D eigenvalue weighted by Crippen LogP contribution is -2.49. The van der Waals surface area contributed by atoms with Gasteiger partial charge in [-0.05, 0) is 0 Å². The molecule has 1 heterocycles. The minimum atomic E-state index is -0.257. The first-order chi connectivity index (χ1) is 3.93. The summed E-state index contributed by atoms with van der Waals surface area (Å²) in [5.41, 5.74) is 0. The highest BCUT2D eigenvalue weighted by atomic mass is 35.5. The third kappa shape index (κ3) is 4.28. The van der Waals surface area contributed by atoms with Crippen LogP contribution >= 0.6 is 24.8 Å². The smallest absolute Gasteiger partial charge is 0.106 e. The van der Waals surface area contributed by atoms with Gasteiger partial charge in [0.2, 0.25) is 0 Å². The van der Waals surface area contributed by atoms with E-state index < -0.39 is 0 Å². The molecule has 5 heteroatoms. The van der Waals surface area contributed by atoms with Crippen LogP contribution in [0.3, 0.4) is 0 Å². The zero-order chi connectivity index (χ0) is 5.82. The fraction of sp³-hybridized carbons (Fsp3) is 1.00. The monoisotopic (exact) mass is 190 g/mol. The minimum Gasteiger partial charge on any atom is -0.314 e. The molecule has 0 amide bonds. The summed E-state index contributed by atoms with van der Waals surface area (Å²) in [4.78, 5) is 0. The van der Waals surface area contributed by atoms with E-state index in [-0.39, 0.29) is 37.5 Å². The number of piperazine rings is 1. The van der Waals surface area contributed by atoms with Gasteiger partial charge in [-0.1, -0.05) is 0 Å². The average Bonchev–Trinajstić information content (AvgIpc) is 1.90. The van der Waals surface area contributed by atoms with Crippen molar-refractivity contribution in [3.63, 3.8) is 0 Å². The molecule has 0 aromatic rings. The van der Waals surface area contributed by atoms with Crippen molar-refractivity contribution in [1.29, 1.82) is 0 Å². The van der Waals surface area contributed by atoms with Gasteiger partial charge >= 0.3 is 0 Å². The molecule has 0 aliphatic carbocycles. The Balaban J connectivity index is 0. The van der Waals surface area contributed by atoms with Gasteiger partial charge in [0, 0.05) is 25.7 Å². The molecule has 1 atom stereocenters. The van der Waals surface area contributed by atoms with E-state index in [1.54, 1.807) is 0 Å². The van der Waals surface area contributed by atoms with Crippen LogP contribution in [0.2, 0.25) is 0 Å². The predicted octanol–water partition coefficient (Wildman–Crippen LogP) is 0.361. The van der Waals surface area contributed by atoms with Gasteiger partial charge in [0.25, 0.3) is 0 Å². The van der Waals surface area contributed by atoms with Gasteiger partial charge in [-0.15, -0.1) is 24.8 Å². The molecule has 1 saturated heterocycles. The van der Waals surface area contributed by atoms with E-state index in [4.69, 9.17) is 0 Å². The van der Waals surface area contributed by atoms with Gasteiger partial charge in [-0.25, -0.2) is 4.39 Å². The second kappa shape index (κ2) is 7.54. The molecule has 0 radical (unpaired) electrons. The van der Waals surface area contributed by atoms with Crippen LogP contribution in [0, 0.1) is 0 Å². The van der Waals surface area contributed by atoms with Gasteiger partial charge in [0.1, 0.15) is 6.67 Å². The van der Waals surface area contributed by atoms with Crippen molar-refractivity contribution in [2.75, 3.05) is 26.3 Å². The van der Waals surface area contributed by atoms with E-state index in [9.17, 15) is 4.39 Å². The molecular weight excluding hydrogens is 178 g/mol. The maximum atomic E-state index is 11.8. The molecule has 0 aromatic heterocycles. The fourth-order valence-electron chi connectivity index (χ4n) is 0.822. The van der Waals surface area contributed by atoms with E-state index in [0.29, 0.717) is 0 Å². The molecule has 0 unspecified atom stereocenters. The van der Waals surface area contributed by atoms with Crippen LogP contribution in [-0.2, 0) is 0 Å². The molecule has 1 aliphatic rings. The second-order valence-electron chi connectivity index (χ2n) is 2.01. The maximum absolute atomic E-state index is 11.8. The first-order valence-electron chi connectivity index (χ1n) is 2.93. The highest BCUT2D eigenvalue weighted by molar-refractivity contribution is 5.85. The van der Waals surface area contributed by atoms with E-state index in [2.05, 4.69) is 10.6 Å². The number of hydrogen-bond donors (Lipinski definition) is 2. The Morgan fingerprint density at radius 1 is 1.30 bits per heavy atom. The zero-order valence-electron chi connectivity index (χ0n) is 5.60. The molecule has 1 fully saturated rings. The van der Waals surface area contributed by atoms with Crippen molar-refractivity contribution in [2.24, 2.45) is 0 Å². The van der Waals surface area contributed by atoms with Crippen LogP contribution in [0.1, 0.15) is 0 Å². The molecule has 64 valence electrons. The molecule has 1 aliphatic heterocycles. The summed E-state index contributed by atoms with van der Waals surface area (Å²) in [6, 6.07) is 0.0590.